The summed E-state index contributed by atoms with van der Waals surface area (Å²) < 4.78 is 27.9. The fourth-order valence-corrected chi connectivity index (χ4v) is 11.3. The Bertz CT molecular complexity index is 800. The molecule has 0 amide bonds. The number of fused-ring (bicyclic) bond motifs is 5. The molecule has 0 aromatic rings. The normalized spacial score (nSPS) is 47.4. The summed E-state index contributed by atoms with van der Waals surface area (Å²) in [5.74, 6) is 2.53. The molecule has 4 saturated carbocycles. The van der Waals surface area contributed by atoms with Gasteiger partial charge < -0.3 is 14.3 Å². The number of carbonyl (C=O) groups excluding carboxylic acids is 1. The van der Waals surface area contributed by atoms with Gasteiger partial charge in [0.15, 0.2) is 8.32 Å². The first kappa shape index (κ1) is 28.5. The van der Waals surface area contributed by atoms with Crippen molar-refractivity contribution in [1.29, 1.82) is 0 Å². The summed E-state index contributed by atoms with van der Waals surface area (Å²) in [5.41, 5.74) is 0.168. The number of halogens is 1. The van der Waals surface area contributed by atoms with Crippen LogP contribution >= 0.6 is 0 Å². The van der Waals surface area contributed by atoms with Gasteiger partial charge in [-0.15, -0.1) is 0 Å². The molecule has 0 radical (unpaired) electrons. The van der Waals surface area contributed by atoms with E-state index >= 15 is 4.39 Å². The van der Waals surface area contributed by atoms with Gasteiger partial charge in [-0.05, 0) is 111 Å². The Morgan fingerprint density at radius 3 is 2.33 bits per heavy atom. The molecule has 0 aromatic heterocycles. The van der Waals surface area contributed by atoms with E-state index in [0.717, 1.165) is 25.7 Å². The van der Waals surface area contributed by atoms with E-state index in [4.69, 9.17) is 9.16 Å². The molecule has 4 fully saturated rings. The van der Waals surface area contributed by atoms with Crippen molar-refractivity contribution in [1.82, 2.24) is 0 Å². The van der Waals surface area contributed by atoms with Crippen LogP contribution < -0.4 is 0 Å². The van der Waals surface area contributed by atoms with Crippen molar-refractivity contribution >= 4 is 14.3 Å². The number of aliphatic hydroxyl groups excluding tert-OH is 1. The minimum Gasteiger partial charge on any atom is -0.469 e. The number of alkyl halides is 1. The summed E-state index contributed by atoms with van der Waals surface area (Å²) in [4.78, 5) is 11.9. The van der Waals surface area contributed by atoms with Crippen LogP contribution in [0.15, 0.2) is 0 Å². The van der Waals surface area contributed by atoms with Crippen LogP contribution in [0.4, 0.5) is 4.39 Å². The molecule has 1 N–H and O–H groups in total. The number of aliphatic hydroxyl groups is 1. The lowest BCUT2D eigenvalue weighted by molar-refractivity contribution is -0.218. The molecule has 0 saturated heterocycles. The second-order valence-electron chi connectivity index (χ2n) is 14.5. The zero-order valence-corrected chi connectivity index (χ0v) is 25.2. The molecule has 36 heavy (non-hydrogen) atoms. The number of hydrogen-bond acceptors (Lipinski definition) is 4. The van der Waals surface area contributed by atoms with Gasteiger partial charge in [0.25, 0.3) is 0 Å². The molecule has 0 spiro atoms. The Morgan fingerprint density at radius 1 is 1.08 bits per heavy atom. The summed E-state index contributed by atoms with van der Waals surface area (Å²) in [5, 5.41) is 10.6. The zero-order valence-electron chi connectivity index (χ0n) is 24.2. The van der Waals surface area contributed by atoms with E-state index in [-0.39, 0.29) is 34.7 Å². The highest BCUT2D eigenvalue weighted by atomic mass is 28.4. The highest BCUT2D eigenvalue weighted by Crippen LogP contribution is 2.70. The molecule has 12 atom stereocenters. The quantitative estimate of drug-likeness (QED) is 0.287. The predicted molar refractivity (Wildman–Crippen MR) is 145 cm³/mol. The van der Waals surface area contributed by atoms with Crippen molar-refractivity contribution in [3.63, 3.8) is 0 Å². The first-order valence-electron chi connectivity index (χ1n) is 14.8. The summed E-state index contributed by atoms with van der Waals surface area (Å²) in [6.07, 6.45) is 6.68. The number of ether oxygens (including phenoxy) is 1. The molecule has 0 heterocycles. The van der Waals surface area contributed by atoms with Gasteiger partial charge in [-0.25, -0.2) is 4.39 Å². The Morgan fingerprint density at radius 2 is 1.72 bits per heavy atom. The maximum absolute atomic E-state index is 15.9. The number of rotatable bonds is 7. The topological polar surface area (TPSA) is 55.8 Å². The van der Waals surface area contributed by atoms with E-state index < -0.39 is 20.6 Å². The van der Waals surface area contributed by atoms with Crippen molar-refractivity contribution in [3.8, 4) is 0 Å². The summed E-state index contributed by atoms with van der Waals surface area (Å²) in [7, 11) is -0.393. The molecule has 0 aromatic carbocycles. The van der Waals surface area contributed by atoms with Crippen molar-refractivity contribution < 1.29 is 23.5 Å². The average molecular weight is 525 g/mol. The predicted octanol–water partition coefficient (Wildman–Crippen LogP) is 7.01. The van der Waals surface area contributed by atoms with E-state index in [1.54, 1.807) is 0 Å². The molecular formula is C30H53FO4Si. The third-order valence-corrected chi connectivity index (χ3v) is 12.6. The Labute approximate surface area is 220 Å². The third-order valence-electron chi connectivity index (χ3n) is 11.6. The molecule has 0 aliphatic heterocycles. The van der Waals surface area contributed by atoms with Crippen molar-refractivity contribution in [2.75, 3.05) is 7.11 Å². The number of esters is 1. The van der Waals surface area contributed by atoms with Crippen LogP contribution in [-0.4, -0.2) is 44.9 Å². The lowest BCUT2D eigenvalue weighted by atomic mass is 9.41. The third kappa shape index (κ3) is 4.74. The molecule has 4 aliphatic carbocycles. The Balaban J connectivity index is 1.70. The maximum Gasteiger partial charge on any atom is 0.305 e. The minimum absolute atomic E-state index is 0.0702. The summed E-state index contributed by atoms with van der Waals surface area (Å²) >= 11 is 0. The van der Waals surface area contributed by atoms with E-state index in [0.29, 0.717) is 42.4 Å². The van der Waals surface area contributed by atoms with E-state index in [9.17, 15) is 9.90 Å². The van der Waals surface area contributed by atoms with Gasteiger partial charge in [-0.2, -0.15) is 0 Å². The first-order chi connectivity index (χ1) is 16.8. The lowest BCUT2D eigenvalue weighted by Gasteiger charge is -2.66. The van der Waals surface area contributed by atoms with Crippen LogP contribution in [0, 0.1) is 52.3 Å². The van der Waals surface area contributed by atoms with Gasteiger partial charge in [0.2, 0.25) is 0 Å². The second-order valence-corrected chi connectivity index (χ2v) is 18.9. The van der Waals surface area contributed by atoms with Crippen molar-refractivity contribution in [2.24, 2.45) is 52.3 Å². The van der Waals surface area contributed by atoms with Crippen molar-refractivity contribution in [3.05, 3.63) is 0 Å². The molecule has 208 valence electrons. The van der Waals surface area contributed by atoms with Gasteiger partial charge in [-0.1, -0.05) is 34.1 Å². The molecule has 6 heteroatoms. The average Bonchev–Trinajstić information content (AvgIpc) is 3.17. The van der Waals surface area contributed by atoms with Gasteiger partial charge >= 0.3 is 5.97 Å². The fraction of sp³-hybridized carbons (Fsp3) is 0.967. The number of carbonyl (C=O) groups is 1. The van der Waals surface area contributed by atoms with E-state index in [2.05, 4.69) is 47.3 Å². The van der Waals surface area contributed by atoms with Gasteiger partial charge in [0, 0.05) is 12.3 Å². The molecule has 0 bridgehead atoms. The van der Waals surface area contributed by atoms with Crippen LogP contribution in [0.3, 0.4) is 0 Å². The molecular weight excluding hydrogens is 471 g/mol. The van der Waals surface area contributed by atoms with E-state index in [1.807, 2.05) is 0 Å². The standard InChI is InChI=1S/C30H53FO4Si/c1-9-19-26-27(31)23(32)15-17-30(26,4)22-14-16-29(3)20(18(2)10-13-24(33)34-5)11-12-21(29)25(22)28(19)35-36(6,7)8/h18-23,25-28,32H,9-17H2,1-8H3/t18-,19-,20?,21?,22?,23-,25?,26-,27+,28?,29-,30-/m1/s1. The Kier molecular flexibility index (Phi) is 8.13. The highest BCUT2D eigenvalue weighted by molar-refractivity contribution is 6.69. The van der Waals surface area contributed by atoms with Gasteiger partial charge in [-0.3, -0.25) is 4.79 Å². The SMILES string of the molecule is CC[C@H]1C(O[Si](C)(C)C)C2C3CCC([C@H](C)CCC(=O)OC)[C@@]3(C)CCC2[C@@]2(C)CC[C@@H](O)[C@H](F)[C@@H]12. The highest BCUT2D eigenvalue weighted by Gasteiger charge is 2.67. The summed E-state index contributed by atoms with van der Waals surface area (Å²) in [6, 6.07) is 0. The zero-order chi connectivity index (χ0) is 26.6. The second kappa shape index (κ2) is 10.3. The minimum atomic E-state index is -1.87. The molecule has 4 rings (SSSR count). The smallest absolute Gasteiger partial charge is 0.305 e. The monoisotopic (exact) mass is 524 g/mol. The van der Waals surface area contributed by atoms with Gasteiger partial charge in [0.05, 0.1) is 19.3 Å². The number of hydrogen-bond donors (Lipinski definition) is 1. The van der Waals surface area contributed by atoms with Crippen LogP contribution in [0.5, 0.6) is 0 Å². The van der Waals surface area contributed by atoms with Crippen LogP contribution in [0.1, 0.15) is 85.5 Å². The van der Waals surface area contributed by atoms with Crippen LogP contribution in [0.2, 0.25) is 19.6 Å². The lowest BCUT2D eigenvalue weighted by Crippen LogP contribution is -2.66. The largest absolute Gasteiger partial charge is 0.469 e. The molecule has 4 nitrogen and oxygen atoms in total. The number of methoxy groups -OCH3 is 1. The first-order valence-corrected chi connectivity index (χ1v) is 18.3. The van der Waals surface area contributed by atoms with E-state index in [1.165, 1.54) is 26.4 Å². The molecule has 4 aliphatic rings. The summed E-state index contributed by atoms with van der Waals surface area (Å²) in [6.45, 7) is 16.3. The molecule has 5 unspecified atom stereocenters. The fourth-order valence-electron chi connectivity index (χ4n) is 10.1. The maximum atomic E-state index is 15.9. The van der Waals surface area contributed by atoms with Gasteiger partial charge in [0.1, 0.15) is 6.17 Å². The van der Waals surface area contributed by atoms with Crippen LogP contribution in [-0.2, 0) is 14.0 Å². The Hall–Kier alpha value is -0.463. The van der Waals surface area contributed by atoms with Crippen molar-refractivity contribution in [2.45, 2.75) is 124 Å². The van der Waals surface area contributed by atoms with Crippen LogP contribution in [0.25, 0.3) is 0 Å².